The Morgan fingerprint density at radius 2 is 1.79 bits per heavy atom. The number of halogens is 1. The van der Waals surface area contributed by atoms with Gasteiger partial charge >= 0.3 is 6.09 Å². The van der Waals surface area contributed by atoms with Gasteiger partial charge in [0.2, 0.25) is 0 Å². The summed E-state index contributed by atoms with van der Waals surface area (Å²) < 4.78 is 5.04. The molecule has 0 saturated heterocycles. The molecule has 2 atom stereocenters. The van der Waals surface area contributed by atoms with Crippen molar-refractivity contribution in [3.8, 4) is 0 Å². The van der Waals surface area contributed by atoms with Crippen LogP contribution < -0.4 is 5.32 Å². The number of carbonyl (C=O) groups is 1. The molecule has 0 radical (unpaired) electrons. The molecule has 0 fully saturated rings. The second kappa shape index (κ2) is 9.27. The third-order valence-electron chi connectivity index (χ3n) is 3.48. The Hall–Kier alpha value is -2.08. The van der Waals surface area contributed by atoms with Crippen molar-refractivity contribution < 1.29 is 19.7 Å². The number of aliphatic hydroxyl groups excluding tert-OH is 2. The van der Waals surface area contributed by atoms with Gasteiger partial charge in [-0.3, -0.25) is 0 Å². The lowest BCUT2D eigenvalue weighted by Gasteiger charge is -2.19. The zero-order valence-electron chi connectivity index (χ0n) is 13.1. The molecule has 0 aliphatic carbocycles. The van der Waals surface area contributed by atoms with E-state index in [4.69, 9.17) is 16.3 Å². The zero-order chi connectivity index (χ0) is 17.4. The van der Waals surface area contributed by atoms with E-state index in [2.05, 4.69) is 5.32 Å². The first-order valence-corrected chi connectivity index (χ1v) is 8.09. The van der Waals surface area contributed by atoms with Crippen LogP contribution in [-0.2, 0) is 17.2 Å². The molecule has 0 heterocycles. The summed E-state index contributed by atoms with van der Waals surface area (Å²) in [5, 5.41) is 22.6. The summed E-state index contributed by atoms with van der Waals surface area (Å²) in [6.45, 7) is 0.0168. The van der Waals surface area contributed by atoms with Gasteiger partial charge in [0.25, 0.3) is 0 Å². The molecule has 2 aromatic rings. The molecule has 2 unspecified atom stereocenters. The normalized spacial score (nSPS) is 13.1. The van der Waals surface area contributed by atoms with Crippen LogP contribution in [0.25, 0.3) is 0 Å². The highest BCUT2D eigenvalue weighted by atomic mass is 35.5. The topological polar surface area (TPSA) is 78.8 Å². The first kappa shape index (κ1) is 18.3. The predicted octanol–water partition coefficient (Wildman–Crippen LogP) is 2.75. The third kappa shape index (κ3) is 5.53. The molecule has 0 aromatic heterocycles. The van der Waals surface area contributed by atoms with Crippen molar-refractivity contribution in [2.24, 2.45) is 0 Å². The van der Waals surface area contributed by atoms with Crippen molar-refractivity contribution in [3.05, 3.63) is 71.3 Å². The molecule has 24 heavy (non-hydrogen) atoms. The highest BCUT2D eigenvalue weighted by Gasteiger charge is 2.19. The standard InChI is InChI=1S/C18H20ClNO4/c19-10-14-7-4-8-15(9-14)17(22)16(21)11-20-18(23)24-12-13-5-2-1-3-6-13/h1-9,16-17,21-22H,10-12H2,(H,20,23). The van der Waals surface area contributed by atoms with Crippen LogP contribution in [0.5, 0.6) is 0 Å². The summed E-state index contributed by atoms with van der Waals surface area (Å²) in [6.07, 6.45) is -2.93. The van der Waals surface area contributed by atoms with Crippen molar-refractivity contribution in [2.75, 3.05) is 6.54 Å². The summed E-state index contributed by atoms with van der Waals surface area (Å²) in [6, 6.07) is 16.3. The average molecular weight is 350 g/mol. The van der Waals surface area contributed by atoms with Gasteiger partial charge in [-0.05, 0) is 16.7 Å². The molecule has 0 bridgehead atoms. The van der Waals surface area contributed by atoms with Gasteiger partial charge in [0.15, 0.2) is 0 Å². The molecular formula is C18H20ClNO4. The van der Waals surface area contributed by atoms with Crippen LogP contribution in [0.1, 0.15) is 22.8 Å². The van der Waals surface area contributed by atoms with Gasteiger partial charge in [-0.1, -0.05) is 54.6 Å². The van der Waals surface area contributed by atoms with E-state index < -0.39 is 18.3 Å². The van der Waals surface area contributed by atoms with E-state index >= 15 is 0 Å². The van der Waals surface area contributed by atoms with Gasteiger partial charge in [0.1, 0.15) is 18.8 Å². The first-order valence-electron chi connectivity index (χ1n) is 7.55. The summed E-state index contributed by atoms with van der Waals surface area (Å²) in [5.74, 6) is 0.320. The van der Waals surface area contributed by atoms with E-state index in [-0.39, 0.29) is 13.2 Å². The maximum absolute atomic E-state index is 11.6. The Morgan fingerprint density at radius 3 is 2.50 bits per heavy atom. The molecule has 1 amide bonds. The fraction of sp³-hybridized carbons (Fsp3) is 0.278. The lowest BCUT2D eigenvalue weighted by atomic mass is 10.0. The van der Waals surface area contributed by atoms with Gasteiger partial charge in [-0.2, -0.15) is 0 Å². The van der Waals surface area contributed by atoms with E-state index in [0.717, 1.165) is 11.1 Å². The molecule has 5 nitrogen and oxygen atoms in total. The second-order valence-corrected chi connectivity index (χ2v) is 5.60. The Balaban J connectivity index is 1.79. The minimum Gasteiger partial charge on any atom is -0.445 e. The maximum atomic E-state index is 11.6. The fourth-order valence-electron chi connectivity index (χ4n) is 2.16. The van der Waals surface area contributed by atoms with Crippen molar-refractivity contribution in [1.82, 2.24) is 5.32 Å². The zero-order valence-corrected chi connectivity index (χ0v) is 13.8. The smallest absolute Gasteiger partial charge is 0.407 e. The Labute approximate surface area is 145 Å². The summed E-state index contributed by atoms with van der Waals surface area (Å²) >= 11 is 5.75. The SMILES string of the molecule is O=C(NCC(O)C(O)c1cccc(CCl)c1)OCc1ccccc1. The molecule has 2 aromatic carbocycles. The van der Waals surface area contributed by atoms with Crippen LogP contribution in [0.3, 0.4) is 0 Å². The molecule has 3 N–H and O–H groups in total. The number of hydrogen-bond donors (Lipinski definition) is 3. The van der Waals surface area contributed by atoms with E-state index in [1.807, 2.05) is 36.4 Å². The lowest BCUT2D eigenvalue weighted by Crippen LogP contribution is -2.35. The van der Waals surface area contributed by atoms with Gasteiger partial charge < -0.3 is 20.3 Å². The van der Waals surface area contributed by atoms with Crippen LogP contribution in [0.2, 0.25) is 0 Å². The summed E-state index contributed by atoms with van der Waals surface area (Å²) in [7, 11) is 0. The average Bonchev–Trinajstić information content (AvgIpc) is 2.64. The molecule has 2 rings (SSSR count). The first-order chi connectivity index (χ1) is 11.6. The molecule has 6 heteroatoms. The van der Waals surface area contributed by atoms with Crippen molar-refractivity contribution in [1.29, 1.82) is 0 Å². The van der Waals surface area contributed by atoms with Crippen molar-refractivity contribution in [3.63, 3.8) is 0 Å². The molecule has 128 valence electrons. The van der Waals surface area contributed by atoms with Gasteiger partial charge in [0.05, 0.1) is 0 Å². The highest BCUT2D eigenvalue weighted by Crippen LogP contribution is 2.18. The van der Waals surface area contributed by atoms with Crippen molar-refractivity contribution in [2.45, 2.75) is 24.7 Å². The molecule has 0 aliphatic heterocycles. The quantitative estimate of drug-likeness (QED) is 0.672. The number of rotatable bonds is 7. The fourth-order valence-corrected chi connectivity index (χ4v) is 2.32. The Morgan fingerprint density at radius 1 is 1.08 bits per heavy atom. The van der Waals surface area contributed by atoms with E-state index in [9.17, 15) is 15.0 Å². The number of carbonyl (C=O) groups excluding carboxylic acids is 1. The number of nitrogens with one attached hydrogen (secondary N) is 1. The number of alkyl halides is 1. The van der Waals surface area contributed by atoms with E-state index in [0.29, 0.717) is 11.4 Å². The van der Waals surface area contributed by atoms with Crippen LogP contribution in [0, 0.1) is 0 Å². The van der Waals surface area contributed by atoms with Gasteiger partial charge in [-0.25, -0.2) is 4.79 Å². The molecular weight excluding hydrogens is 330 g/mol. The van der Waals surface area contributed by atoms with E-state index in [1.54, 1.807) is 18.2 Å². The Bertz CT molecular complexity index is 650. The lowest BCUT2D eigenvalue weighted by molar-refractivity contribution is 0.0184. The van der Waals surface area contributed by atoms with Crippen LogP contribution in [0.15, 0.2) is 54.6 Å². The van der Waals surface area contributed by atoms with Gasteiger partial charge in [0, 0.05) is 12.4 Å². The van der Waals surface area contributed by atoms with Crippen LogP contribution in [-0.4, -0.2) is 29.0 Å². The second-order valence-electron chi connectivity index (χ2n) is 5.33. The Kier molecular flexibility index (Phi) is 7.06. The minimum atomic E-state index is -1.15. The third-order valence-corrected chi connectivity index (χ3v) is 3.79. The number of aliphatic hydroxyl groups is 2. The number of alkyl carbamates (subject to hydrolysis) is 1. The number of hydrogen-bond acceptors (Lipinski definition) is 4. The summed E-state index contributed by atoms with van der Waals surface area (Å²) in [4.78, 5) is 11.6. The van der Waals surface area contributed by atoms with E-state index in [1.165, 1.54) is 0 Å². The van der Waals surface area contributed by atoms with Gasteiger partial charge in [-0.15, -0.1) is 11.6 Å². The molecule has 0 saturated carbocycles. The van der Waals surface area contributed by atoms with Crippen molar-refractivity contribution >= 4 is 17.7 Å². The maximum Gasteiger partial charge on any atom is 0.407 e. The largest absolute Gasteiger partial charge is 0.445 e. The number of benzene rings is 2. The monoisotopic (exact) mass is 349 g/mol. The number of ether oxygens (including phenoxy) is 1. The predicted molar refractivity (Wildman–Crippen MR) is 91.6 cm³/mol. The minimum absolute atomic E-state index is 0.125. The van der Waals surface area contributed by atoms with Crippen LogP contribution >= 0.6 is 11.6 Å². The molecule has 0 aliphatic rings. The number of amides is 1. The molecule has 0 spiro atoms. The summed E-state index contributed by atoms with van der Waals surface area (Å²) in [5.41, 5.74) is 2.25. The highest BCUT2D eigenvalue weighted by molar-refractivity contribution is 6.17. The van der Waals surface area contributed by atoms with Crippen LogP contribution in [0.4, 0.5) is 4.79 Å².